The zero-order valence-corrected chi connectivity index (χ0v) is 16.0. The molecule has 1 aliphatic rings. The zero-order chi connectivity index (χ0) is 18.6. The van der Waals surface area contributed by atoms with Gasteiger partial charge in [-0.3, -0.25) is 19.3 Å². The molecule has 6 nitrogen and oxygen atoms in total. The molecule has 10 heteroatoms. The predicted molar refractivity (Wildman–Crippen MR) is 101 cm³/mol. The maximum Gasteiger partial charge on any atom is 0.325 e. The second-order valence-corrected chi connectivity index (χ2v) is 7.25. The Hall–Kier alpha value is -1.61. The Labute approximate surface area is 163 Å². The van der Waals surface area contributed by atoms with E-state index in [-0.39, 0.29) is 17.4 Å². The van der Waals surface area contributed by atoms with Crippen LogP contribution in [0.5, 0.6) is 0 Å². The van der Waals surface area contributed by atoms with Crippen LogP contribution in [-0.2, 0) is 19.1 Å². The minimum absolute atomic E-state index is 0.229. The Morgan fingerprint density at radius 1 is 1.36 bits per heavy atom. The molecule has 0 spiro atoms. The smallest absolute Gasteiger partial charge is 0.325 e. The van der Waals surface area contributed by atoms with Crippen molar-refractivity contribution >= 4 is 75.4 Å². The Morgan fingerprint density at radius 2 is 2.00 bits per heavy atom. The Bertz CT molecular complexity index is 763. The molecule has 1 aromatic carbocycles. The number of rotatable bonds is 5. The highest BCUT2D eigenvalue weighted by Gasteiger charge is 2.33. The molecule has 1 saturated heterocycles. The second kappa shape index (κ2) is 8.66. The van der Waals surface area contributed by atoms with Gasteiger partial charge in [0.1, 0.15) is 17.4 Å². The third-order valence-electron chi connectivity index (χ3n) is 3.11. The van der Waals surface area contributed by atoms with Crippen LogP contribution < -0.4 is 5.32 Å². The van der Waals surface area contributed by atoms with Gasteiger partial charge >= 0.3 is 5.97 Å². The summed E-state index contributed by atoms with van der Waals surface area (Å²) in [6.07, 6.45) is 1.54. The van der Waals surface area contributed by atoms with Crippen LogP contribution in [0.2, 0.25) is 10.0 Å². The van der Waals surface area contributed by atoms with E-state index in [1.807, 2.05) is 0 Å². The Balaban J connectivity index is 2.11. The van der Waals surface area contributed by atoms with Gasteiger partial charge in [-0.15, -0.1) is 0 Å². The predicted octanol–water partition coefficient (Wildman–Crippen LogP) is 2.48. The summed E-state index contributed by atoms with van der Waals surface area (Å²) in [4.78, 5) is 36.8. The van der Waals surface area contributed by atoms with Crippen molar-refractivity contribution in [3.05, 3.63) is 38.7 Å². The normalized spacial score (nSPS) is 15.6. The number of nitrogens with one attached hydrogen (secondary N) is 1. The number of thiocarbonyl (C=S) groups is 1. The molecule has 0 unspecified atom stereocenters. The summed E-state index contributed by atoms with van der Waals surface area (Å²) in [5, 5.41) is 3.14. The summed E-state index contributed by atoms with van der Waals surface area (Å²) in [7, 11) is 1.21. The fraction of sp³-hybridized carbons (Fsp3) is 0.200. The lowest BCUT2D eigenvalue weighted by Gasteiger charge is -2.13. The fourth-order valence-electron chi connectivity index (χ4n) is 1.86. The van der Waals surface area contributed by atoms with Crippen molar-refractivity contribution < 1.29 is 19.1 Å². The van der Waals surface area contributed by atoms with Gasteiger partial charge in [0.15, 0.2) is 0 Å². The minimum atomic E-state index is -0.591. The second-order valence-electron chi connectivity index (χ2n) is 4.76. The fourth-order valence-corrected chi connectivity index (χ4v) is 3.60. The summed E-state index contributed by atoms with van der Waals surface area (Å²) in [5.41, 5.74) is 0.501. The first-order chi connectivity index (χ1) is 11.8. The number of hydrogen-bond donors (Lipinski definition) is 1. The van der Waals surface area contributed by atoms with E-state index in [0.29, 0.717) is 20.5 Å². The molecule has 0 saturated carbocycles. The topological polar surface area (TPSA) is 75.7 Å². The van der Waals surface area contributed by atoms with Crippen molar-refractivity contribution in [1.82, 2.24) is 10.2 Å². The molecular weight excluding hydrogens is 407 g/mol. The van der Waals surface area contributed by atoms with Gasteiger partial charge in [-0.1, -0.05) is 53.2 Å². The third-order valence-corrected chi connectivity index (χ3v) is 5.14. The molecule has 2 amide bonds. The lowest BCUT2D eigenvalue weighted by molar-refractivity contribution is -0.141. The van der Waals surface area contributed by atoms with Gasteiger partial charge < -0.3 is 10.1 Å². The Morgan fingerprint density at radius 3 is 2.60 bits per heavy atom. The van der Waals surface area contributed by atoms with Crippen LogP contribution in [0.4, 0.5) is 0 Å². The van der Waals surface area contributed by atoms with Gasteiger partial charge in [-0.25, -0.2) is 0 Å². The van der Waals surface area contributed by atoms with Gasteiger partial charge in [0.05, 0.1) is 12.0 Å². The van der Waals surface area contributed by atoms with Crippen molar-refractivity contribution in [2.24, 2.45) is 0 Å². The number of carbonyl (C=O) groups is 3. The number of esters is 1. The minimum Gasteiger partial charge on any atom is -0.468 e. The van der Waals surface area contributed by atoms with Crippen LogP contribution in [-0.4, -0.2) is 47.2 Å². The van der Waals surface area contributed by atoms with Crippen LogP contribution >= 0.6 is 47.2 Å². The van der Waals surface area contributed by atoms with Crippen molar-refractivity contribution in [3.8, 4) is 0 Å². The molecule has 1 N–H and O–H groups in total. The first-order valence-corrected chi connectivity index (χ1v) is 8.84. The Kier molecular flexibility index (Phi) is 6.83. The molecule has 0 aromatic heterocycles. The van der Waals surface area contributed by atoms with E-state index in [9.17, 15) is 14.4 Å². The molecule has 132 valence electrons. The first kappa shape index (κ1) is 19.7. The van der Waals surface area contributed by atoms with Gasteiger partial charge in [0.2, 0.25) is 5.91 Å². The molecule has 1 fully saturated rings. The van der Waals surface area contributed by atoms with E-state index < -0.39 is 17.8 Å². The van der Waals surface area contributed by atoms with Gasteiger partial charge in [-0.2, -0.15) is 0 Å². The molecule has 0 atom stereocenters. The molecule has 2 rings (SSSR count). The number of ether oxygens (including phenoxy) is 1. The molecule has 1 aliphatic heterocycles. The van der Waals surface area contributed by atoms with Crippen molar-refractivity contribution in [2.45, 2.75) is 0 Å². The van der Waals surface area contributed by atoms with Crippen LogP contribution in [0, 0.1) is 0 Å². The number of nitrogens with zero attached hydrogens (tertiary/aromatic N) is 1. The maximum atomic E-state index is 12.5. The summed E-state index contributed by atoms with van der Waals surface area (Å²) in [6.45, 7) is -0.579. The summed E-state index contributed by atoms with van der Waals surface area (Å²) in [6, 6.07) is 5.00. The van der Waals surface area contributed by atoms with E-state index >= 15 is 0 Å². The number of halogens is 2. The van der Waals surface area contributed by atoms with Crippen LogP contribution in [0.15, 0.2) is 23.1 Å². The average molecular weight is 419 g/mol. The molecule has 1 aromatic rings. The number of thioether (sulfide) groups is 1. The first-order valence-electron chi connectivity index (χ1n) is 6.86. The van der Waals surface area contributed by atoms with Crippen LogP contribution in [0.1, 0.15) is 5.56 Å². The van der Waals surface area contributed by atoms with Crippen molar-refractivity contribution in [3.63, 3.8) is 0 Å². The SMILES string of the molecule is COC(=O)CNC(=O)CN1C(=O)/C(=C/c2c(Cl)cccc2Cl)SC1=S. The number of hydrogen-bond acceptors (Lipinski definition) is 6. The van der Waals surface area contributed by atoms with E-state index in [2.05, 4.69) is 10.1 Å². The molecule has 1 heterocycles. The number of carbonyl (C=O) groups excluding carboxylic acids is 3. The van der Waals surface area contributed by atoms with Crippen LogP contribution in [0.3, 0.4) is 0 Å². The largest absolute Gasteiger partial charge is 0.468 e. The van der Waals surface area contributed by atoms with E-state index in [4.69, 9.17) is 35.4 Å². The summed E-state index contributed by atoms with van der Waals surface area (Å²) >= 11 is 18.4. The quantitative estimate of drug-likeness (QED) is 0.449. The van der Waals surface area contributed by atoms with Crippen molar-refractivity contribution in [2.75, 3.05) is 20.2 Å². The lowest BCUT2D eigenvalue weighted by atomic mass is 10.2. The number of amides is 2. The standard InChI is InChI=1S/C15H12Cl2N2O4S2/c1-23-13(21)6-18-12(20)7-19-14(22)11(25-15(19)24)5-8-9(16)3-2-4-10(8)17/h2-5H,6-7H2,1H3,(H,18,20)/b11-5-. The maximum absolute atomic E-state index is 12.5. The monoisotopic (exact) mass is 418 g/mol. The molecule has 0 aliphatic carbocycles. The van der Waals surface area contributed by atoms with Gasteiger partial charge in [0.25, 0.3) is 5.91 Å². The highest BCUT2D eigenvalue weighted by Crippen LogP contribution is 2.35. The average Bonchev–Trinajstić information content (AvgIpc) is 2.83. The van der Waals surface area contributed by atoms with E-state index in [1.54, 1.807) is 18.2 Å². The molecular formula is C15H12Cl2N2O4S2. The summed E-state index contributed by atoms with van der Waals surface area (Å²) in [5.74, 6) is -1.55. The number of methoxy groups -OCH3 is 1. The van der Waals surface area contributed by atoms with E-state index in [1.165, 1.54) is 13.2 Å². The van der Waals surface area contributed by atoms with E-state index in [0.717, 1.165) is 16.7 Å². The van der Waals surface area contributed by atoms with Crippen molar-refractivity contribution in [1.29, 1.82) is 0 Å². The molecule has 0 radical (unpaired) electrons. The van der Waals surface area contributed by atoms with Gasteiger partial charge in [-0.05, 0) is 18.2 Å². The van der Waals surface area contributed by atoms with Crippen LogP contribution in [0.25, 0.3) is 6.08 Å². The molecule has 25 heavy (non-hydrogen) atoms. The number of benzene rings is 1. The third kappa shape index (κ3) is 4.94. The van der Waals surface area contributed by atoms with Gasteiger partial charge in [0, 0.05) is 15.6 Å². The summed E-state index contributed by atoms with van der Waals surface area (Å²) < 4.78 is 4.65. The molecule has 0 bridgehead atoms. The zero-order valence-electron chi connectivity index (χ0n) is 12.9. The lowest BCUT2D eigenvalue weighted by Crippen LogP contribution is -2.41. The highest BCUT2D eigenvalue weighted by molar-refractivity contribution is 8.26. The highest BCUT2D eigenvalue weighted by atomic mass is 35.5.